The molecule has 2 fully saturated rings. The molecule has 0 aliphatic carbocycles. The van der Waals surface area contributed by atoms with Gasteiger partial charge < -0.3 is 15.0 Å². The third-order valence-electron chi connectivity index (χ3n) is 4.65. The van der Waals surface area contributed by atoms with Crippen LogP contribution in [0.15, 0.2) is 18.2 Å². The van der Waals surface area contributed by atoms with E-state index in [1.54, 1.807) is 12.1 Å². The van der Waals surface area contributed by atoms with Gasteiger partial charge in [0.2, 0.25) is 5.91 Å². The number of halogens is 1. The van der Waals surface area contributed by atoms with E-state index in [4.69, 9.17) is 10.00 Å². The largest absolute Gasteiger partial charge is 0.442 e. The number of carbonyl (C=O) groups excluding carboxylic acids is 2. The van der Waals surface area contributed by atoms with Gasteiger partial charge in [0.05, 0.1) is 30.5 Å². The van der Waals surface area contributed by atoms with Crippen molar-refractivity contribution in [2.45, 2.75) is 25.9 Å². The first-order chi connectivity index (χ1) is 13.0. The lowest BCUT2D eigenvalue weighted by Crippen LogP contribution is -2.34. The topological polar surface area (TPSA) is 85.7 Å². The SMILES string of the molecule is CC(=O)NCC1CN(c2ccc(N3C[CH][C](CC#N)CC3)c(F)c2)C(=O)O1. The number of ether oxygens (including phenoxy) is 1. The molecule has 2 aliphatic rings. The van der Waals surface area contributed by atoms with Crippen LogP contribution >= 0.6 is 0 Å². The molecule has 7 nitrogen and oxygen atoms in total. The molecule has 1 atom stereocenters. The Balaban J connectivity index is 1.64. The molecule has 142 valence electrons. The van der Waals surface area contributed by atoms with Crippen LogP contribution in [-0.2, 0) is 9.53 Å². The van der Waals surface area contributed by atoms with E-state index in [2.05, 4.69) is 11.4 Å². The van der Waals surface area contributed by atoms with Crippen molar-refractivity contribution in [3.8, 4) is 6.07 Å². The molecule has 2 saturated heterocycles. The molecule has 27 heavy (non-hydrogen) atoms. The number of cyclic esters (lactones) is 1. The second-order valence-electron chi connectivity index (χ2n) is 6.58. The average Bonchev–Trinajstić information content (AvgIpc) is 3.02. The predicted molar refractivity (Wildman–Crippen MR) is 97.3 cm³/mol. The van der Waals surface area contributed by atoms with Crippen LogP contribution in [0.2, 0.25) is 0 Å². The molecule has 2 aliphatic heterocycles. The maximum absolute atomic E-state index is 14.7. The fraction of sp³-hybridized carbons (Fsp3) is 0.421. The van der Waals surface area contributed by atoms with Crippen molar-refractivity contribution in [2.75, 3.05) is 36.0 Å². The van der Waals surface area contributed by atoms with Gasteiger partial charge >= 0.3 is 6.09 Å². The van der Waals surface area contributed by atoms with Gasteiger partial charge in [0.25, 0.3) is 0 Å². The average molecular weight is 372 g/mol. The van der Waals surface area contributed by atoms with Gasteiger partial charge in [-0.1, -0.05) is 0 Å². The lowest BCUT2D eigenvalue weighted by molar-refractivity contribution is -0.119. The molecule has 2 radical (unpaired) electrons. The van der Waals surface area contributed by atoms with E-state index >= 15 is 0 Å². The van der Waals surface area contributed by atoms with Crippen LogP contribution in [0.25, 0.3) is 0 Å². The number of anilines is 2. The van der Waals surface area contributed by atoms with E-state index < -0.39 is 18.0 Å². The quantitative estimate of drug-likeness (QED) is 0.856. The number of hydrogen-bond donors (Lipinski definition) is 1. The smallest absolute Gasteiger partial charge is 0.414 e. The van der Waals surface area contributed by atoms with Crippen molar-refractivity contribution < 1.29 is 18.7 Å². The van der Waals surface area contributed by atoms with Gasteiger partial charge in [-0.25, -0.2) is 9.18 Å². The maximum atomic E-state index is 14.7. The number of hydrogen-bond acceptors (Lipinski definition) is 5. The zero-order valence-corrected chi connectivity index (χ0v) is 15.1. The molecule has 0 saturated carbocycles. The lowest BCUT2D eigenvalue weighted by Gasteiger charge is -2.32. The highest BCUT2D eigenvalue weighted by atomic mass is 19.1. The van der Waals surface area contributed by atoms with Crippen molar-refractivity contribution in [1.82, 2.24) is 5.32 Å². The third-order valence-corrected chi connectivity index (χ3v) is 4.65. The van der Waals surface area contributed by atoms with Gasteiger partial charge in [0, 0.05) is 26.4 Å². The zero-order chi connectivity index (χ0) is 19.4. The number of nitrogens with zero attached hydrogens (tertiary/aromatic N) is 3. The summed E-state index contributed by atoms with van der Waals surface area (Å²) < 4.78 is 19.9. The molecular formula is C19H21FN4O3. The lowest BCUT2D eigenvalue weighted by atomic mass is 9.94. The maximum Gasteiger partial charge on any atom is 0.414 e. The highest BCUT2D eigenvalue weighted by Crippen LogP contribution is 2.31. The fourth-order valence-corrected chi connectivity index (χ4v) is 3.21. The summed E-state index contributed by atoms with van der Waals surface area (Å²) in [5.74, 6) is 0.465. The number of amides is 2. The Morgan fingerprint density at radius 2 is 2.30 bits per heavy atom. The molecule has 1 unspecified atom stereocenters. The first-order valence-electron chi connectivity index (χ1n) is 8.80. The minimum atomic E-state index is -0.556. The zero-order valence-electron chi connectivity index (χ0n) is 15.1. The Hall–Kier alpha value is -2.82. The molecule has 3 rings (SSSR count). The van der Waals surface area contributed by atoms with E-state index in [9.17, 15) is 14.0 Å². The molecule has 2 amide bonds. The van der Waals surface area contributed by atoms with Crippen LogP contribution in [0.1, 0.15) is 19.8 Å². The minimum absolute atomic E-state index is 0.201. The van der Waals surface area contributed by atoms with E-state index in [0.29, 0.717) is 30.9 Å². The van der Waals surface area contributed by atoms with Crippen molar-refractivity contribution in [2.24, 2.45) is 0 Å². The number of piperidine rings is 1. The first kappa shape index (κ1) is 19.0. The molecule has 2 heterocycles. The second-order valence-corrected chi connectivity index (χ2v) is 6.58. The first-order valence-corrected chi connectivity index (χ1v) is 8.80. The number of benzene rings is 1. The van der Waals surface area contributed by atoms with Crippen LogP contribution in [0.3, 0.4) is 0 Å². The highest BCUT2D eigenvalue weighted by Gasteiger charge is 2.33. The summed E-state index contributed by atoms with van der Waals surface area (Å²) in [4.78, 5) is 26.3. The van der Waals surface area contributed by atoms with E-state index in [1.807, 2.05) is 11.3 Å². The molecule has 0 spiro atoms. The van der Waals surface area contributed by atoms with Crippen molar-refractivity contribution in [1.29, 1.82) is 5.26 Å². The summed E-state index contributed by atoms with van der Waals surface area (Å²) in [5, 5.41) is 11.4. The Bertz CT molecular complexity index is 756. The molecule has 1 aromatic carbocycles. The normalized spacial score (nSPS) is 20.3. The van der Waals surface area contributed by atoms with Crippen LogP contribution in [0.5, 0.6) is 0 Å². The summed E-state index contributed by atoms with van der Waals surface area (Å²) in [6.07, 6.45) is 2.09. The molecule has 0 bridgehead atoms. The van der Waals surface area contributed by atoms with E-state index in [1.165, 1.54) is 17.9 Å². The fourth-order valence-electron chi connectivity index (χ4n) is 3.21. The molecule has 0 aromatic heterocycles. The van der Waals surface area contributed by atoms with Crippen molar-refractivity contribution in [3.63, 3.8) is 0 Å². The van der Waals surface area contributed by atoms with Crippen LogP contribution in [0.4, 0.5) is 20.6 Å². The minimum Gasteiger partial charge on any atom is -0.442 e. The van der Waals surface area contributed by atoms with E-state index in [0.717, 1.165) is 12.3 Å². The summed E-state index contributed by atoms with van der Waals surface area (Å²) in [7, 11) is 0. The second kappa shape index (κ2) is 8.25. The number of nitrogens with one attached hydrogen (secondary N) is 1. The van der Waals surface area contributed by atoms with Crippen molar-refractivity contribution in [3.05, 3.63) is 36.4 Å². The number of carbonyl (C=O) groups is 2. The van der Waals surface area contributed by atoms with Gasteiger partial charge in [-0.3, -0.25) is 9.69 Å². The summed E-state index contributed by atoms with van der Waals surface area (Å²) >= 11 is 0. The van der Waals surface area contributed by atoms with Gasteiger partial charge in [0.1, 0.15) is 11.9 Å². The van der Waals surface area contributed by atoms with Gasteiger partial charge in [0.15, 0.2) is 0 Å². The summed E-state index contributed by atoms with van der Waals surface area (Å²) in [6.45, 7) is 3.07. The highest BCUT2D eigenvalue weighted by molar-refractivity contribution is 5.90. The van der Waals surface area contributed by atoms with E-state index in [-0.39, 0.29) is 19.0 Å². The Morgan fingerprint density at radius 3 is 2.93 bits per heavy atom. The Morgan fingerprint density at radius 1 is 1.48 bits per heavy atom. The molecular weight excluding hydrogens is 351 g/mol. The standard InChI is InChI=1S/C19H21FN4O3/c1-13(25)22-11-16-12-24(19(26)27-16)15-2-3-18(17(20)10-15)23-8-5-14(4-7-21)6-9-23/h2-3,5,10,16H,4,6,8-9,11-12H2,1H3,(H,22,25). The summed E-state index contributed by atoms with van der Waals surface area (Å²) in [6, 6.07) is 6.80. The third kappa shape index (κ3) is 4.48. The van der Waals surface area contributed by atoms with Gasteiger partial charge in [-0.2, -0.15) is 5.26 Å². The number of rotatable bonds is 5. The van der Waals surface area contributed by atoms with Crippen LogP contribution in [-0.4, -0.2) is 44.3 Å². The van der Waals surface area contributed by atoms with Crippen LogP contribution in [0, 0.1) is 29.5 Å². The Kier molecular flexibility index (Phi) is 5.79. The molecule has 1 aromatic rings. The van der Waals surface area contributed by atoms with Crippen molar-refractivity contribution >= 4 is 23.4 Å². The van der Waals surface area contributed by atoms with Crippen LogP contribution < -0.4 is 15.1 Å². The predicted octanol–water partition coefficient (Wildman–Crippen LogP) is 2.19. The summed E-state index contributed by atoms with van der Waals surface area (Å²) in [5.41, 5.74) is 0.887. The molecule has 8 heteroatoms. The van der Waals surface area contributed by atoms with Gasteiger partial charge in [-0.15, -0.1) is 0 Å². The van der Waals surface area contributed by atoms with Gasteiger partial charge in [-0.05, 0) is 37.0 Å². The number of nitriles is 1. The monoisotopic (exact) mass is 372 g/mol. The molecule has 1 N–H and O–H groups in total. The Labute approximate surface area is 157 Å².